The van der Waals surface area contributed by atoms with Gasteiger partial charge in [-0.1, -0.05) is 0 Å². The summed E-state index contributed by atoms with van der Waals surface area (Å²) in [6.07, 6.45) is 4.42. The van der Waals surface area contributed by atoms with Gasteiger partial charge in [0.2, 0.25) is 5.91 Å². The van der Waals surface area contributed by atoms with Crippen molar-refractivity contribution >= 4 is 28.7 Å². The second kappa shape index (κ2) is 10.0. The molecule has 1 aliphatic heterocycles. The Bertz CT molecular complexity index is 1200. The molecule has 178 valence electrons. The molecule has 1 aliphatic rings. The van der Waals surface area contributed by atoms with E-state index in [4.69, 9.17) is 0 Å². The SMILES string of the molecule is COC(=O)c1ccc(C(=O)NC2(C(=O)NCCc3c[nH]c4ccc(F)cc34)CCNCC2)nc1. The van der Waals surface area contributed by atoms with Crippen LogP contribution in [-0.4, -0.2) is 60.0 Å². The fourth-order valence-electron chi connectivity index (χ4n) is 4.15. The molecule has 0 aliphatic carbocycles. The monoisotopic (exact) mass is 467 g/mol. The van der Waals surface area contributed by atoms with Gasteiger partial charge in [0.05, 0.1) is 12.7 Å². The number of fused-ring (bicyclic) bond motifs is 1. The normalized spacial score (nSPS) is 15.0. The first-order chi connectivity index (χ1) is 16.4. The zero-order chi connectivity index (χ0) is 24.1. The summed E-state index contributed by atoms with van der Waals surface area (Å²) in [5.41, 5.74) is 0.963. The molecule has 10 heteroatoms. The number of halogens is 1. The fraction of sp³-hybridized carbons (Fsp3) is 0.333. The molecule has 0 radical (unpaired) electrons. The van der Waals surface area contributed by atoms with E-state index in [0.717, 1.165) is 16.5 Å². The number of rotatable bonds is 7. The number of carbonyl (C=O) groups is 3. The first-order valence-corrected chi connectivity index (χ1v) is 11.0. The Morgan fingerprint density at radius 2 is 1.97 bits per heavy atom. The van der Waals surface area contributed by atoms with E-state index in [0.29, 0.717) is 38.9 Å². The van der Waals surface area contributed by atoms with Gasteiger partial charge >= 0.3 is 5.97 Å². The number of methoxy groups -OCH3 is 1. The van der Waals surface area contributed by atoms with Gasteiger partial charge in [-0.25, -0.2) is 9.18 Å². The van der Waals surface area contributed by atoms with Crippen molar-refractivity contribution < 1.29 is 23.5 Å². The van der Waals surface area contributed by atoms with Gasteiger partial charge in [-0.05, 0) is 68.2 Å². The predicted molar refractivity (Wildman–Crippen MR) is 123 cm³/mol. The Morgan fingerprint density at radius 1 is 1.18 bits per heavy atom. The lowest BCUT2D eigenvalue weighted by Gasteiger charge is -2.36. The van der Waals surface area contributed by atoms with Crippen LogP contribution in [0.15, 0.2) is 42.7 Å². The van der Waals surface area contributed by atoms with Crippen LogP contribution < -0.4 is 16.0 Å². The van der Waals surface area contributed by atoms with Gasteiger partial charge < -0.3 is 25.7 Å². The number of nitrogens with one attached hydrogen (secondary N) is 4. The molecular weight excluding hydrogens is 441 g/mol. The molecule has 4 rings (SSSR count). The number of piperidine rings is 1. The summed E-state index contributed by atoms with van der Waals surface area (Å²) >= 11 is 0. The minimum atomic E-state index is -1.09. The summed E-state index contributed by atoms with van der Waals surface area (Å²) in [5, 5.41) is 9.77. The van der Waals surface area contributed by atoms with E-state index in [1.807, 2.05) is 6.20 Å². The molecule has 2 aromatic heterocycles. The Labute approximate surface area is 195 Å². The fourth-order valence-corrected chi connectivity index (χ4v) is 4.15. The number of carbonyl (C=O) groups excluding carboxylic acids is 3. The summed E-state index contributed by atoms with van der Waals surface area (Å²) in [4.78, 5) is 44.8. The van der Waals surface area contributed by atoms with E-state index < -0.39 is 17.4 Å². The van der Waals surface area contributed by atoms with Crippen LogP contribution >= 0.6 is 0 Å². The molecule has 1 fully saturated rings. The van der Waals surface area contributed by atoms with Gasteiger partial charge in [0, 0.05) is 29.8 Å². The molecule has 1 aromatic carbocycles. The standard InChI is InChI=1S/C24H26FN5O4/c1-34-22(32)16-2-4-20(29-14-16)21(31)30-24(7-10-26-11-8-24)23(33)27-9-6-15-13-28-19-5-3-17(25)12-18(15)19/h2-5,12-14,26,28H,6-11H2,1H3,(H,27,33)(H,30,31). The molecule has 1 saturated heterocycles. The summed E-state index contributed by atoms with van der Waals surface area (Å²) in [6, 6.07) is 7.41. The van der Waals surface area contributed by atoms with Gasteiger partial charge in [-0.3, -0.25) is 14.6 Å². The van der Waals surface area contributed by atoms with Crippen molar-refractivity contribution in [3.63, 3.8) is 0 Å². The van der Waals surface area contributed by atoms with E-state index in [-0.39, 0.29) is 23.0 Å². The van der Waals surface area contributed by atoms with E-state index in [2.05, 4.69) is 30.7 Å². The second-order valence-corrected chi connectivity index (χ2v) is 8.22. The average Bonchev–Trinajstić information content (AvgIpc) is 3.26. The average molecular weight is 468 g/mol. The lowest BCUT2D eigenvalue weighted by molar-refractivity contribution is -0.128. The lowest BCUT2D eigenvalue weighted by atomic mass is 9.87. The number of aromatic nitrogens is 2. The first-order valence-electron chi connectivity index (χ1n) is 11.0. The molecule has 0 spiro atoms. The van der Waals surface area contributed by atoms with Crippen molar-refractivity contribution in [2.24, 2.45) is 0 Å². The molecule has 0 saturated carbocycles. The molecule has 3 aromatic rings. The van der Waals surface area contributed by atoms with Crippen LogP contribution in [0.2, 0.25) is 0 Å². The van der Waals surface area contributed by atoms with Gasteiger partial charge in [0.25, 0.3) is 5.91 Å². The van der Waals surface area contributed by atoms with Gasteiger partial charge in [-0.2, -0.15) is 0 Å². The quantitative estimate of drug-likeness (QED) is 0.392. The highest BCUT2D eigenvalue weighted by atomic mass is 19.1. The van der Waals surface area contributed by atoms with Crippen LogP contribution in [0.1, 0.15) is 39.3 Å². The number of aromatic amines is 1. The molecule has 2 amide bonds. The number of hydrogen-bond acceptors (Lipinski definition) is 6. The van der Waals surface area contributed by atoms with Crippen molar-refractivity contribution in [2.45, 2.75) is 24.8 Å². The van der Waals surface area contributed by atoms with Crippen molar-refractivity contribution in [2.75, 3.05) is 26.7 Å². The largest absolute Gasteiger partial charge is 0.465 e. The molecule has 4 N–H and O–H groups in total. The molecule has 3 heterocycles. The van der Waals surface area contributed by atoms with E-state index >= 15 is 0 Å². The summed E-state index contributed by atoms with van der Waals surface area (Å²) in [7, 11) is 1.26. The lowest BCUT2D eigenvalue weighted by Crippen LogP contribution is -2.63. The van der Waals surface area contributed by atoms with Crippen LogP contribution in [0.25, 0.3) is 10.9 Å². The third-order valence-corrected chi connectivity index (χ3v) is 6.07. The second-order valence-electron chi connectivity index (χ2n) is 8.22. The zero-order valence-corrected chi connectivity index (χ0v) is 18.7. The maximum Gasteiger partial charge on any atom is 0.339 e. The third kappa shape index (κ3) is 4.91. The highest BCUT2D eigenvalue weighted by Crippen LogP contribution is 2.21. The Morgan fingerprint density at radius 3 is 2.68 bits per heavy atom. The minimum absolute atomic E-state index is 0.0965. The summed E-state index contributed by atoms with van der Waals surface area (Å²) in [6.45, 7) is 1.48. The summed E-state index contributed by atoms with van der Waals surface area (Å²) < 4.78 is 18.3. The van der Waals surface area contributed by atoms with Crippen LogP contribution in [-0.2, 0) is 16.0 Å². The number of amides is 2. The molecule has 0 atom stereocenters. The molecule has 0 unspecified atom stereocenters. The number of pyridine rings is 1. The van der Waals surface area contributed by atoms with Crippen LogP contribution in [0.3, 0.4) is 0 Å². The van der Waals surface area contributed by atoms with Crippen molar-refractivity contribution in [3.05, 3.63) is 65.4 Å². The van der Waals surface area contributed by atoms with E-state index in [9.17, 15) is 18.8 Å². The Balaban J connectivity index is 1.42. The molecular formula is C24H26FN5O4. The minimum Gasteiger partial charge on any atom is -0.465 e. The zero-order valence-electron chi connectivity index (χ0n) is 18.7. The van der Waals surface area contributed by atoms with E-state index in [1.165, 1.54) is 37.6 Å². The Kier molecular flexibility index (Phi) is 6.87. The topological polar surface area (TPSA) is 125 Å². The maximum atomic E-state index is 13.6. The van der Waals surface area contributed by atoms with Gasteiger partial charge in [0.1, 0.15) is 17.1 Å². The van der Waals surface area contributed by atoms with Crippen molar-refractivity contribution in [3.8, 4) is 0 Å². The molecule has 9 nitrogen and oxygen atoms in total. The number of H-pyrrole nitrogens is 1. The van der Waals surface area contributed by atoms with Crippen LogP contribution in [0.4, 0.5) is 4.39 Å². The Hall–Kier alpha value is -3.79. The maximum absolute atomic E-state index is 13.6. The summed E-state index contributed by atoms with van der Waals surface area (Å²) in [5.74, 6) is -1.64. The third-order valence-electron chi connectivity index (χ3n) is 6.07. The van der Waals surface area contributed by atoms with Gasteiger partial charge in [0.15, 0.2) is 0 Å². The molecule has 34 heavy (non-hydrogen) atoms. The van der Waals surface area contributed by atoms with Crippen LogP contribution in [0, 0.1) is 5.82 Å². The number of benzene rings is 1. The highest BCUT2D eigenvalue weighted by Gasteiger charge is 2.41. The van der Waals surface area contributed by atoms with Gasteiger partial charge in [-0.15, -0.1) is 0 Å². The van der Waals surface area contributed by atoms with Crippen molar-refractivity contribution in [1.82, 2.24) is 25.9 Å². The van der Waals surface area contributed by atoms with E-state index in [1.54, 1.807) is 6.07 Å². The number of nitrogens with zero attached hydrogens (tertiary/aromatic N) is 1. The van der Waals surface area contributed by atoms with Crippen LogP contribution in [0.5, 0.6) is 0 Å². The molecule has 0 bridgehead atoms. The highest BCUT2D eigenvalue weighted by molar-refractivity contribution is 5.99. The number of hydrogen-bond donors (Lipinski definition) is 4. The first kappa shape index (κ1) is 23.4. The number of ether oxygens (including phenoxy) is 1. The van der Waals surface area contributed by atoms with Crippen molar-refractivity contribution in [1.29, 1.82) is 0 Å². The predicted octanol–water partition coefficient (Wildman–Crippen LogP) is 1.70. The number of esters is 1. The smallest absolute Gasteiger partial charge is 0.339 e.